The van der Waals surface area contributed by atoms with E-state index in [9.17, 15) is 0 Å². The van der Waals surface area contributed by atoms with Gasteiger partial charge in [0.15, 0.2) is 0 Å². The smallest absolute Gasteiger partial charge is 0.142 e. The minimum absolute atomic E-state index is 0.760. The van der Waals surface area contributed by atoms with E-state index in [4.69, 9.17) is 14.2 Å². The summed E-state index contributed by atoms with van der Waals surface area (Å²) in [5, 5.41) is 6.14. The predicted octanol–water partition coefficient (Wildman–Crippen LogP) is 5.65. The van der Waals surface area contributed by atoms with E-state index in [1.165, 1.54) is 11.3 Å². The van der Waals surface area contributed by atoms with Crippen LogP contribution in [-0.4, -0.2) is 32.2 Å². The molecule has 32 heavy (non-hydrogen) atoms. The molecule has 4 aromatic heterocycles. The van der Waals surface area contributed by atoms with Crippen molar-refractivity contribution in [1.82, 2.24) is 25.1 Å². The van der Waals surface area contributed by atoms with Gasteiger partial charge >= 0.3 is 0 Å². The number of nitrogens with zero attached hydrogens (tertiary/aromatic N) is 3. The van der Waals surface area contributed by atoms with Gasteiger partial charge in [0.1, 0.15) is 23.5 Å². The van der Waals surface area contributed by atoms with Crippen LogP contribution in [0.3, 0.4) is 0 Å². The highest BCUT2D eigenvalue weighted by molar-refractivity contribution is 6.14. The molecule has 1 aliphatic carbocycles. The molecule has 5 aromatic rings. The fourth-order valence-electron chi connectivity index (χ4n) is 5.00. The standard InChI is InChI=1S/C25H23N5O2/c1-12-22(15-7-5-6-8-18(15)28-12)24-23-16-10-20(31-4)17(21-13(2)30-32-14(21)3)9-19(16)29-25(23)27-11-26-24/h5,7,9-11,28H,6,8H2,1-4H3,(H,26,27,29). The highest BCUT2D eigenvalue weighted by Crippen LogP contribution is 2.42. The van der Waals surface area contributed by atoms with Gasteiger partial charge in [0.2, 0.25) is 0 Å². The number of methoxy groups -OCH3 is 1. The van der Waals surface area contributed by atoms with Gasteiger partial charge in [-0.2, -0.15) is 0 Å². The molecule has 0 saturated heterocycles. The van der Waals surface area contributed by atoms with Gasteiger partial charge in [0, 0.05) is 39.0 Å². The average molecular weight is 425 g/mol. The lowest BCUT2D eigenvalue weighted by Crippen LogP contribution is -1.94. The lowest BCUT2D eigenvalue weighted by atomic mass is 9.96. The normalized spacial score (nSPS) is 13.2. The Hall–Kier alpha value is -3.87. The van der Waals surface area contributed by atoms with Crippen molar-refractivity contribution < 1.29 is 9.26 Å². The van der Waals surface area contributed by atoms with E-state index in [-0.39, 0.29) is 0 Å². The fourth-order valence-corrected chi connectivity index (χ4v) is 5.00. The summed E-state index contributed by atoms with van der Waals surface area (Å²) >= 11 is 0. The Kier molecular flexibility index (Phi) is 4.02. The molecule has 0 amide bonds. The summed E-state index contributed by atoms with van der Waals surface area (Å²) in [5.41, 5.74) is 10.2. The van der Waals surface area contributed by atoms with Gasteiger partial charge < -0.3 is 19.2 Å². The van der Waals surface area contributed by atoms with Crippen molar-refractivity contribution in [3.63, 3.8) is 0 Å². The lowest BCUT2D eigenvalue weighted by molar-refractivity contribution is 0.393. The summed E-state index contributed by atoms with van der Waals surface area (Å²) in [6.07, 6.45) is 8.14. The first-order valence-electron chi connectivity index (χ1n) is 10.7. The largest absolute Gasteiger partial charge is 0.496 e. The summed E-state index contributed by atoms with van der Waals surface area (Å²) in [6, 6.07) is 4.15. The SMILES string of the molecule is COc1cc2c(cc1-c1c(C)noc1C)[nH]c1ncnc(-c3c(C)[nH]c4c3C=CCC4)c12. The number of aryl methyl sites for hydroxylation is 4. The molecule has 0 bridgehead atoms. The molecule has 0 radical (unpaired) electrons. The van der Waals surface area contributed by atoms with Crippen LogP contribution in [0.25, 0.3) is 50.4 Å². The van der Waals surface area contributed by atoms with Crippen LogP contribution >= 0.6 is 0 Å². The molecule has 0 fully saturated rings. The predicted molar refractivity (Wildman–Crippen MR) is 125 cm³/mol. The molecular weight excluding hydrogens is 402 g/mol. The monoisotopic (exact) mass is 425 g/mol. The molecule has 4 heterocycles. The topological polar surface area (TPSA) is 92.6 Å². The van der Waals surface area contributed by atoms with Gasteiger partial charge in [-0.05, 0) is 45.7 Å². The van der Waals surface area contributed by atoms with Crippen molar-refractivity contribution in [3.8, 4) is 28.1 Å². The molecule has 6 rings (SSSR count). The van der Waals surface area contributed by atoms with Crippen molar-refractivity contribution in [3.05, 3.63) is 52.9 Å². The van der Waals surface area contributed by atoms with Gasteiger partial charge in [-0.15, -0.1) is 0 Å². The van der Waals surface area contributed by atoms with E-state index >= 15 is 0 Å². The summed E-state index contributed by atoms with van der Waals surface area (Å²) in [6.45, 7) is 5.97. The quantitative estimate of drug-likeness (QED) is 0.389. The molecule has 0 atom stereocenters. The van der Waals surface area contributed by atoms with E-state index in [0.29, 0.717) is 0 Å². The maximum absolute atomic E-state index is 5.81. The first-order valence-corrected chi connectivity index (χ1v) is 10.7. The van der Waals surface area contributed by atoms with Crippen molar-refractivity contribution in [1.29, 1.82) is 0 Å². The van der Waals surface area contributed by atoms with E-state index in [1.807, 2.05) is 13.8 Å². The summed E-state index contributed by atoms with van der Waals surface area (Å²) in [4.78, 5) is 16.3. The molecule has 7 heteroatoms. The number of rotatable bonds is 3. The van der Waals surface area contributed by atoms with E-state index in [0.717, 1.165) is 80.1 Å². The number of nitrogens with one attached hydrogen (secondary N) is 2. The number of hydrogen-bond donors (Lipinski definition) is 2. The van der Waals surface area contributed by atoms with Crippen LogP contribution in [0.5, 0.6) is 5.75 Å². The molecule has 2 N–H and O–H groups in total. The molecule has 7 nitrogen and oxygen atoms in total. The number of ether oxygens (including phenoxy) is 1. The number of aromatic amines is 2. The maximum Gasteiger partial charge on any atom is 0.142 e. The Morgan fingerprint density at radius 1 is 1.06 bits per heavy atom. The molecule has 1 aliphatic rings. The number of H-pyrrole nitrogens is 2. The zero-order valence-electron chi connectivity index (χ0n) is 18.5. The Bertz CT molecular complexity index is 1530. The van der Waals surface area contributed by atoms with Crippen LogP contribution in [0.15, 0.2) is 29.1 Å². The van der Waals surface area contributed by atoms with E-state index in [2.05, 4.69) is 51.3 Å². The van der Waals surface area contributed by atoms with Crippen molar-refractivity contribution in [2.45, 2.75) is 33.6 Å². The van der Waals surface area contributed by atoms with Gasteiger partial charge in [0.25, 0.3) is 0 Å². The number of benzene rings is 1. The highest BCUT2D eigenvalue weighted by Gasteiger charge is 2.23. The minimum Gasteiger partial charge on any atom is -0.496 e. The van der Waals surface area contributed by atoms with Crippen molar-refractivity contribution >= 4 is 28.0 Å². The molecular formula is C25H23N5O2. The van der Waals surface area contributed by atoms with Crippen LogP contribution in [0.2, 0.25) is 0 Å². The number of fused-ring (bicyclic) bond motifs is 4. The number of aromatic nitrogens is 5. The van der Waals surface area contributed by atoms with Gasteiger partial charge in [-0.3, -0.25) is 0 Å². The number of allylic oxidation sites excluding steroid dienone is 1. The Morgan fingerprint density at radius 2 is 1.94 bits per heavy atom. The fraction of sp³-hybridized carbons (Fsp3) is 0.240. The molecule has 0 unspecified atom stereocenters. The van der Waals surface area contributed by atoms with Gasteiger partial charge in [-0.25, -0.2) is 9.97 Å². The van der Waals surface area contributed by atoms with Crippen LogP contribution in [-0.2, 0) is 6.42 Å². The highest BCUT2D eigenvalue weighted by atomic mass is 16.5. The Morgan fingerprint density at radius 3 is 2.72 bits per heavy atom. The maximum atomic E-state index is 5.81. The average Bonchev–Trinajstić information content (AvgIpc) is 3.44. The first-order chi connectivity index (χ1) is 15.6. The third kappa shape index (κ3) is 2.57. The lowest BCUT2D eigenvalue weighted by Gasteiger charge is -2.10. The van der Waals surface area contributed by atoms with E-state index < -0.39 is 0 Å². The third-order valence-electron chi connectivity index (χ3n) is 6.40. The molecule has 0 spiro atoms. The molecule has 0 aliphatic heterocycles. The van der Waals surface area contributed by atoms with Gasteiger partial charge in [0.05, 0.1) is 29.4 Å². The van der Waals surface area contributed by atoms with Crippen LogP contribution in [0, 0.1) is 20.8 Å². The second-order valence-corrected chi connectivity index (χ2v) is 8.33. The Balaban J connectivity index is 1.67. The second kappa shape index (κ2) is 6.82. The summed E-state index contributed by atoms with van der Waals surface area (Å²) < 4.78 is 11.2. The number of hydrogen-bond acceptors (Lipinski definition) is 5. The van der Waals surface area contributed by atoms with Crippen molar-refractivity contribution in [2.24, 2.45) is 0 Å². The summed E-state index contributed by atoms with van der Waals surface area (Å²) in [5.74, 6) is 1.52. The first kappa shape index (κ1) is 18.9. The molecule has 1 aromatic carbocycles. The van der Waals surface area contributed by atoms with Crippen LogP contribution in [0.4, 0.5) is 0 Å². The second-order valence-electron chi connectivity index (χ2n) is 8.33. The third-order valence-corrected chi connectivity index (χ3v) is 6.40. The zero-order chi connectivity index (χ0) is 22.0. The van der Waals surface area contributed by atoms with Crippen LogP contribution in [0.1, 0.15) is 34.8 Å². The Labute approximate surface area is 184 Å². The van der Waals surface area contributed by atoms with Crippen LogP contribution < -0.4 is 4.74 Å². The summed E-state index contributed by atoms with van der Waals surface area (Å²) in [7, 11) is 1.69. The molecule has 160 valence electrons. The van der Waals surface area contributed by atoms with E-state index in [1.54, 1.807) is 13.4 Å². The molecule has 0 saturated carbocycles. The van der Waals surface area contributed by atoms with Crippen molar-refractivity contribution in [2.75, 3.05) is 7.11 Å². The minimum atomic E-state index is 0.760. The van der Waals surface area contributed by atoms with Gasteiger partial charge in [-0.1, -0.05) is 17.3 Å². The zero-order valence-corrected chi connectivity index (χ0v) is 18.5.